The van der Waals surface area contributed by atoms with Crippen LogP contribution in [0.4, 0.5) is 0 Å². The van der Waals surface area contributed by atoms with E-state index in [1.165, 1.54) is 17.9 Å². The van der Waals surface area contributed by atoms with E-state index in [0.717, 1.165) is 29.9 Å². The summed E-state index contributed by atoms with van der Waals surface area (Å²) >= 11 is 0. The van der Waals surface area contributed by atoms with Crippen molar-refractivity contribution in [3.63, 3.8) is 0 Å². The summed E-state index contributed by atoms with van der Waals surface area (Å²) in [5.74, 6) is -0.528. The van der Waals surface area contributed by atoms with Crippen LogP contribution >= 0.6 is 0 Å². The van der Waals surface area contributed by atoms with Crippen LogP contribution in [0.2, 0.25) is 0 Å². The van der Waals surface area contributed by atoms with Gasteiger partial charge in [0.2, 0.25) is 0 Å². The van der Waals surface area contributed by atoms with Gasteiger partial charge in [0, 0.05) is 32.0 Å². The van der Waals surface area contributed by atoms with E-state index in [2.05, 4.69) is 18.4 Å². The van der Waals surface area contributed by atoms with Gasteiger partial charge < -0.3 is 14.2 Å². The van der Waals surface area contributed by atoms with Crippen LogP contribution in [0, 0.1) is 31.1 Å². The Labute approximate surface area is 156 Å². The van der Waals surface area contributed by atoms with E-state index in [1.54, 1.807) is 14.1 Å². The number of nitriles is 1. The summed E-state index contributed by atoms with van der Waals surface area (Å²) in [7, 11) is 3.17. The van der Waals surface area contributed by atoms with Gasteiger partial charge in [-0.25, -0.2) is 4.79 Å². The van der Waals surface area contributed by atoms with E-state index in [9.17, 15) is 14.9 Å². The van der Waals surface area contributed by atoms with Gasteiger partial charge in [0.05, 0.1) is 0 Å². The van der Waals surface area contributed by atoms with Gasteiger partial charge >= 0.3 is 5.97 Å². The fourth-order valence-electron chi connectivity index (χ4n) is 2.64. The third-order valence-corrected chi connectivity index (χ3v) is 4.26. The average Bonchev–Trinajstić information content (AvgIpc) is 2.82. The minimum atomic E-state index is -0.937. The average molecular weight is 359 g/mol. The fourth-order valence-corrected chi connectivity index (χ4v) is 2.64. The van der Waals surface area contributed by atoms with Crippen molar-refractivity contribution < 1.29 is 14.3 Å². The molecule has 0 saturated heterocycles. The molecule has 0 aliphatic heterocycles. The topological polar surface area (TPSA) is 75.3 Å². The Morgan fingerprint density at radius 2 is 1.92 bits per heavy atom. The maximum atomic E-state index is 12.2. The molecule has 1 heterocycles. The highest BCUT2D eigenvalue weighted by Crippen LogP contribution is 2.20. The van der Waals surface area contributed by atoms with Crippen molar-refractivity contribution >= 4 is 18.0 Å². The summed E-state index contributed by atoms with van der Waals surface area (Å²) in [6.45, 7) is 10.7. The number of nitrogens with zero attached hydrogens (tertiary/aromatic N) is 3. The molecular formula is C20H29N3O3. The lowest BCUT2D eigenvalue weighted by Crippen LogP contribution is -2.35. The molecule has 0 bridgehead atoms. The molecule has 0 N–H and O–H groups in total. The van der Waals surface area contributed by atoms with E-state index < -0.39 is 12.1 Å². The Bertz CT molecular complexity index is 736. The van der Waals surface area contributed by atoms with Crippen LogP contribution < -0.4 is 0 Å². The van der Waals surface area contributed by atoms with Crippen molar-refractivity contribution in [3.8, 4) is 6.07 Å². The smallest absolute Gasteiger partial charge is 0.349 e. The monoisotopic (exact) mass is 359 g/mol. The van der Waals surface area contributed by atoms with Crippen LogP contribution in [0.3, 0.4) is 0 Å². The third kappa shape index (κ3) is 5.48. The van der Waals surface area contributed by atoms with Gasteiger partial charge in [0.1, 0.15) is 11.6 Å². The fraction of sp³-hybridized carbons (Fsp3) is 0.550. The Hall–Kier alpha value is -2.55. The molecule has 1 atom stereocenters. The maximum absolute atomic E-state index is 12.2. The van der Waals surface area contributed by atoms with Crippen LogP contribution in [-0.2, 0) is 20.9 Å². The minimum absolute atomic E-state index is 0.118. The first-order valence-corrected chi connectivity index (χ1v) is 8.79. The molecule has 1 aromatic heterocycles. The van der Waals surface area contributed by atoms with Crippen LogP contribution in [0.25, 0.3) is 6.08 Å². The number of ether oxygens (including phenoxy) is 1. The number of aromatic nitrogens is 1. The van der Waals surface area contributed by atoms with Gasteiger partial charge in [0.25, 0.3) is 5.91 Å². The summed E-state index contributed by atoms with van der Waals surface area (Å²) in [6.07, 6.45) is 1.65. The lowest BCUT2D eigenvalue weighted by Gasteiger charge is -2.16. The van der Waals surface area contributed by atoms with Crippen molar-refractivity contribution in [2.24, 2.45) is 5.92 Å². The normalized spacial score (nSPS) is 12.7. The Morgan fingerprint density at radius 3 is 2.42 bits per heavy atom. The number of carbonyl (C=O) groups excluding carboxylic acids is 2. The molecule has 1 rings (SSSR count). The molecule has 26 heavy (non-hydrogen) atoms. The maximum Gasteiger partial charge on any atom is 0.349 e. The van der Waals surface area contributed by atoms with Crippen molar-refractivity contribution in [2.75, 3.05) is 14.1 Å². The van der Waals surface area contributed by atoms with Crippen LogP contribution in [0.5, 0.6) is 0 Å². The zero-order chi connectivity index (χ0) is 20.0. The zero-order valence-corrected chi connectivity index (χ0v) is 16.8. The Morgan fingerprint density at radius 1 is 1.31 bits per heavy atom. The number of amides is 1. The first kappa shape index (κ1) is 21.5. The van der Waals surface area contributed by atoms with Gasteiger partial charge in [-0.05, 0) is 50.8 Å². The molecule has 0 fully saturated rings. The van der Waals surface area contributed by atoms with Gasteiger partial charge in [-0.1, -0.05) is 13.8 Å². The predicted octanol–water partition coefficient (Wildman–Crippen LogP) is 3.08. The predicted molar refractivity (Wildman–Crippen MR) is 101 cm³/mol. The molecule has 0 saturated carbocycles. The van der Waals surface area contributed by atoms with Crippen molar-refractivity contribution in [3.05, 3.63) is 28.6 Å². The molecule has 142 valence electrons. The lowest BCUT2D eigenvalue weighted by atomic mass is 10.1. The van der Waals surface area contributed by atoms with Gasteiger partial charge in [-0.2, -0.15) is 5.26 Å². The van der Waals surface area contributed by atoms with E-state index >= 15 is 0 Å². The molecule has 6 nitrogen and oxygen atoms in total. The number of hydrogen-bond donors (Lipinski definition) is 0. The quantitative estimate of drug-likeness (QED) is 0.426. The van der Waals surface area contributed by atoms with Crippen LogP contribution in [-0.4, -0.2) is 41.5 Å². The van der Waals surface area contributed by atoms with Crippen molar-refractivity contribution in [1.82, 2.24) is 9.47 Å². The second kappa shape index (κ2) is 9.23. The third-order valence-electron chi connectivity index (χ3n) is 4.26. The molecule has 0 radical (unpaired) electrons. The summed E-state index contributed by atoms with van der Waals surface area (Å²) in [5.41, 5.74) is 2.77. The molecular weight excluding hydrogens is 330 g/mol. The number of carbonyl (C=O) groups is 2. The SMILES string of the molecule is Cc1cc(/C=C(\C#N)C(=O)O[C@H](C)C(=O)N(C)C)c(C)n1CCC(C)C. The van der Waals surface area contributed by atoms with E-state index in [4.69, 9.17) is 4.74 Å². The van der Waals surface area contributed by atoms with Gasteiger partial charge in [-0.3, -0.25) is 4.79 Å². The van der Waals surface area contributed by atoms with Crippen LogP contribution in [0.15, 0.2) is 11.6 Å². The molecule has 6 heteroatoms. The summed E-state index contributed by atoms with van der Waals surface area (Å²) in [4.78, 5) is 25.4. The molecule has 0 aromatic carbocycles. The van der Waals surface area contributed by atoms with E-state index in [1.807, 2.05) is 26.0 Å². The first-order chi connectivity index (χ1) is 12.1. The number of likely N-dealkylation sites (N-methyl/N-ethyl adjacent to an activating group) is 1. The summed E-state index contributed by atoms with van der Waals surface area (Å²) in [5, 5.41) is 9.34. The number of esters is 1. The molecule has 0 aliphatic carbocycles. The zero-order valence-electron chi connectivity index (χ0n) is 16.8. The second-order valence-electron chi connectivity index (χ2n) is 7.11. The molecule has 0 aliphatic rings. The minimum Gasteiger partial charge on any atom is -0.448 e. The highest BCUT2D eigenvalue weighted by Gasteiger charge is 2.22. The van der Waals surface area contributed by atoms with Gasteiger partial charge in [-0.15, -0.1) is 0 Å². The number of hydrogen-bond acceptors (Lipinski definition) is 4. The Kier molecular flexibility index (Phi) is 7.63. The van der Waals surface area contributed by atoms with Crippen molar-refractivity contribution in [2.45, 2.75) is 53.7 Å². The van der Waals surface area contributed by atoms with Gasteiger partial charge in [0.15, 0.2) is 6.10 Å². The Balaban J connectivity index is 3.02. The van der Waals surface area contributed by atoms with Crippen molar-refractivity contribution in [1.29, 1.82) is 5.26 Å². The molecule has 0 spiro atoms. The summed E-state index contributed by atoms with van der Waals surface area (Å²) < 4.78 is 7.31. The van der Waals surface area contributed by atoms with E-state index in [0.29, 0.717) is 5.92 Å². The first-order valence-electron chi connectivity index (χ1n) is 8.79. The highest BCUT2D eigenvalue weighted by atomic mass is 16.5. The largest absolute Gasteiger partial charge is 0.448 e. The molecule has 1 amide bonds. The standard InChI is InChI=1S/C20H29N3O3/c1-13(2)8-9-23-14(3)10-17(15(23)4)11-18(12-21)20(25)26-16(5)19(24)22(6)7/h10-11,13,16H,8-9H2,1-7H3/b18-11+/t16-/m1/s1. The lowest BCUT2D eigenvalue weighted by molar-refractivity contribution is -0.154. The van der Waals surface area contributed by atoms with E-state index in [-0.39, 0.29) is 11.5 Å². The van der Waals surface area contributed by atoms with Crippen LogP contribution in [0.1, 0.15) is 44.1 Å². The second-order valence-corrected chi connectivity index (χ2v) is 7.11. The molecule has 1 aromatic rings. The number of rotatable bonds is 7. The summed E-state index contributed by atoms with van der Waals surface area (Å²) in [6, 6.07) is 3.84. The molecule has 0 unspecified atom stereocenters. The number of aryl methyl sites for hydroxylation is 1. The highest BCUT2D eigenvalue weighted by molar-refractivity contribution is 5.99.